The number of nitrogens with one attached hydrogen (secondary N) is 1. The van der Waals surface area contributed by atoms with E-state index < -0.39 is 0 Å². The van der Waals surface area contributed by atoms with Gasteiger partial charge >= 0.3 is 0 Å². The van der Waals surface area contributed by atoms with Crippen molar-refractivity contribution in [3.8, 4) is 0 Å². The molecule has 1 aliphatic carbocycles. The van der Waals surface area contributed by atoms with Crippen molar-refractivity contribution in [1.82, 2.24) is 5.32 Å². The van der Waals surface area contributed by atoms with Crippen LogP contribution in [0.5, 0.6) is 0 Å². The van der Waals surface area contributed by atoms with E-state index >= 15 is 0 Å². The summed E-state index contributed by atoms with van der Waals surface area (Å²) in [5, 5.41) is 3.73. The van der Waals surface area contributed by atoms with Crippen molar-refractivity contribution in [3.63, 3.8) is 0 Å². The van der Waals surface area contributed by atoms with Crippen LogP contribution >= 0.6 is 22.6 Å². The first-order chi connectivity index (χ1) is 9.84. The summed E-state index contributed by atoms with van der Waals surface area (Å²) in [7, 11) is 0. The summed E-state index contributed by atoms with van der Waals surface area (Å²) in [5.41, 5.74) is 2.35. The molecular weight excluding hydrogens is 359 g/mol. The highest BCUT2D eigenvalue weighted by Gasteiger charge is 2.43. The third-order valence-electron chi connectivity index (χ3n) is 4.28. The van der Waals surface area contributed by atoms with Crippen molar-refractivity contribution in [3.05, 3.63) is 70.0 Å². The molecule has 4 unspecified atom stereocenters. The molecule has 2 heterocycles. The van der Waals surface area contributed by atoms with Crippen LogP contribution in [-0.2, 0) is 0 Å². The number of fused-ring (bicyclic) bond motifs is 3. The van der Waals surface area contributed by atoms with Crippen LogP contribution in [0.3, 0.4) is 0 Å². The normalized spacial score (nSPS) is 33.8. The molecule has 1 aromatic rings. The summed E-state index contributed by atoms with van der Waals surface area (Å²) >= 11 is 2.34. The molecule has 3 aliphatic rings. The largest absolute Gasteiger partial charge is 0.301 e. The van der Waals surface area contributed by atoms with Gasteiger partial charge in [0.25, 0.3) is 0 Å². The fourth-order valence-corrected chi connectivity index (χ4v) is 3.99. The lowest BCUT2D eigenvalue weighted by atomic mass is 9.81. The average molecular weight is 373 g/mol. The zero-order valence-electron chi connectivity index (χ0n) is 10.8. The Hall–Kier alpha value is -1.20. The second-order valence-corrected chi connectivity index (χ2v) is 6.43. The van der Waals surface area contributed by atoms with Gasteiger partial charge in [-0.25, -0.2) is 0 Å². The van der Waals surface area contributed by atoms with E-state index in [1.54, 1.807) is 0 Å². The highest BCUT2D eigenvalue weighted by Crippen LogP contribution is 2.36. The lowest BCUT2D eigenvalue weighted by Gasteiger charge is -2.24. The minimum Gasteiger partial charge on any atom is -0.301 e. The molecule has 0 aromatic heterocycles. The number of hydrogen-bond acceptors (Lipinski definition) is 2. The highest BCUT2D eigenvalue weighted by atomic mass is 127. The van der Waals surface area contributed by atoms with Gasteiger partial charge in [0.2, 0.25) is 0 Å². The summed E-state index contributed by atoms with van der Waals surface area (Å²) in [4.78, 5) is 4.66. The third-order valence-corrected chi connectivity index (χ3v) is 5.17. The molecule has 4 atom stereocenters. The van der Waals surface area contributed by atoms with Gasteiger partial charge in [-0.05, 0) is 28.7 Å². The van der Waals surface area contributed by atoms with Crippen molar-refractivity contribution >= 4 is 28.3 Å². The van der Waals surface area contributed by atoms with Crippen LogP contribution in [0.4, 0.5) is 0 Å². The van der Waals surface area contributed by atoms with Crippen LogP contribution in [0.2, 0.25) is 0 Å². The molecule has 1 aromatic carbocycles. The molecule has 4 rings (SSSR count). The van der Waals surface area contributed by atoms with Crippen molar-refractivity contribution in [2.24, 2.45) is 16.8 Å². The molecule has 1 saturated heterocycles. The molecule has 2 aliphatic heterocycles. The van der Waals surface area contributed by atoms with E-state index in [1.165, 1.54) is 5.56 Å². The first kappa shape index (κ1) is 12.5. The molecule has 1 fully saturated rings. The maximum Gasteiger partial charge on any atom is 0.0662 e. The molecule has 0 amide bonds. The van der Waals surface area contributed by atoms with Crippen LogP contribution in [0.1, 0.15) is 5.56 Å². The van der Waals surface area contributed by atoms with Gasteiger partial charge in [0.15, 0.2) is 0 Å². The fourth-order valence-electron chi connectivity index (χ4n) is 3.35. The number of allylic oxidation sites excluding steroid dienone is 2. The van der Waals surface area contributed by atoms with Gasteiger partial charge in [0.05, 0.1) is 11.8 Å². The number of hydrogen-bond donors (Lipinski definition) is 1. The third kappa shape index (κ3) is 1.91. The van der Waals surface area contributed by atoms with Gasteiger partial charge in [0.1, 0.15) is 0 Å². The molecule has 2 nitrogen and oxygen atoms in total. The summed E-state index contributed by atoms with van der Waals surface area (Å²) < 4.78 is 1.14. The van der Waals surface area contributed by atoms with Gasteiger partial charge in [-0.3, -0.25) is 4.99 Å². The van der Waals surface area contributed by atoms with Crippen LogP contribution in [0.25, 0.3) is 0 Å². The minimum absolute atomic E-state index is 0.298. The maximum atomic E-state index is 4.66. The van der Waals surface area contributed by atoms with Gasteiger partial charge in [-0.2, -0.15) is 0 Å². The van der Waals surface area contributed by atoms with Crippen molar-refractivity contribution in [1.29, 1.82) is 0 Å². The van der Waals surface area contributed by atoms with Crippen molar-refractivity contribution < 1.29 is 0 Å². The lowest BCUT2D eigenvalue weighted by molar-refractivity contribution is 0.533. The van der Waals surface area contributed by atoms with Gasteiger partial charge in [-0.1, -0.05) is 48.6 Å². The molecule has 0 saturated carbocycles. The Labute approximate surface area is 132 Å². The highest BCUT2D eigenvalue weighted by molar-refractivity contribution is 14.1. The maximum absolute atomic E-state index is 4.66. The molecule has 0 spiro atoms. The van der Waals surface area contributed by atoms with Crippen LogP contribution in [0, 0.1) is 21.5 Å². The zero-order chi connectivity index (χ0) is 13.5. The van der Waals surface area contributed by atoms with Gasteiger partial charge in [0, 0.05) is 33.2 Å². The van der Waals surface area contributed by atoms with E-state index in [-0.39, 0.29) is 0 Å². The molecule has 20 heavy (non-hydrogen) atoms. The molecule has 1 N–H and O–H groups in total. The van der Waals surface area contributed by atoms with E-state index in [4.69, 9.17) is 0 Å². The predicted octanol–water partition coefficient (Wildman–Crippen LogP) is 3.11. The summed E-state index contributed by atoms with van der Waals surface area (Å²) in [6.07, 6.45) is 13.1. The molecule has 3 heteroatoms. The zero-order valence-corrected chi connectivity index (χ0v) is 13.0. The Morgan fingerprint density at radius 1 is 1.15 bits per heavy atom. The van der Waals surface area contributed by atoms with Gasteiger partial charge < -0.3 is 5.32 Å². The quantitative estimate of drug-likeness (QED) is 0.752. The first-order valence-corrected chi connectivity index (χ1v) is 7.94. The fraction of sp³-hybridized carbons (Fsp3) is 0.235. The molecular formula is C17H14IN2. The Bertz CT molecular complexity index is 657. The van der Waals surface area contributed by atoms with E-state index in [2.05, 4.69) is 75.4 Å². The molecule has 0 bridgehead atoms. The van der Waals surface area contributed by atoms with E-state index in [1.807, 2.05) is 18.3 Å². The van der Waals surface area contributed by atoms with E-state index in [0.717, 1.165) is 9.28 Å². The smallest absolute Gasteiger partial charge is 0.0662 e. The summed E-state index contributed by atoms with van der Waals surface area (Å²) in [5.74, 6) is 1.03. The monoisotopic (exact) mass is 373 g/mol. The predicted molar refractivity (Wildman–Crippen MR) is 89.6 cm³/mol. The number of rotatable bonds is 1. The van der Waals surface area contributed by atoms with Crippen molar-refractivity contribution in [2.75, 3.05) is 0 Å². The van der Waals surface area contributed by atoms with E-state index in [9.17, 15) is 0 Å². The number of halogens is 1. The first-order valence-electron chi connectivity index (χ1n) is 6.86. The SMILES string of the molecule is Ic1[c]cccc1C1=NC=CC2C1NC1C=CC=CC12. The van der Waals surface area contributed by atoms with Crippen LogP contribution in [-0.4, -0.2) is 17.8 Å². The standard InChI is InChI=1S/C17H14IN2/c18-14-7-3-1-6-13(14)16-17-12(9-10-19-16)11-5-2-4-8-15(11)20-17/h1-6,8-12,15,17,20H. The second kappa shape index (κ2) is 4.97. The number of nitrogens with zero attached hydrogens (tertiary/aromatic N) is 1. The summed E-state index contributed by atoms with van der Waals surface area (Å²) in [6.45, 7) is 0. The molecule has 99 valence electrons. The topological polar surface area (TPSA) is 24.4 Å². The second-order valence-electron chi connectivity index (χ2n) is 5.35. The van der Waals surface area contributed by atoms with Crippen molar-refractivity contribution in [2.45, 2.75) is 12.1 Å². The van der Waals surface area contributed by atoms with Crippen LogP contribution < -0.4 is 5.32 Å². The molecule has 1 radical (unpaired) electrons. The number of benzene rings is 1. The Morgan fingerprint density at radius 2 is 2.05 bits per heavy atom. The van der Waals surface area contributed by atoms with E-state index in [0.29, 0.717) is 23.9 Å². The minimum atomic E-state index is 0.298. The Kier molecular flexibility index (Phi) is 3.11. The Balaban J connectivity index is 1.75. The van der Waals surface area contributed by atoms with Crippen LogP contribution in [0.15, 0.2) is 59.8 Å². The van der Waals surface area contributed by atoms with Gasteiger partial charge in [-0.15, -0.1) is 0 Å². The number of aliphatic imine (C=N–C) groups is 1. The average Bonchev–Trinajstić information content (AvgIpc) is 2.86. The lowest BCUT2D eigenvalue weighted by Crippen LogP contribution is -2.39. The Morgan fingerprint density at radius 3 is 2.95 bits per heavy atom. The summed E-state index contributed by atoms with van der Waals surface area (Å²) in [6, 6.07) is 10.1.